The molecule has 3 aromatic heterocycles. The minimum atomic E-state index is -3.54. The number of nitrogens with zero attached hydrogens (tertiary/aromatic N) is 5. The molecule has 1 amide bonds. The Morgan fingerprint density at radius 3 is 2.55 bits per heavy atom. The average Bonchev–Trinajstić information content (AvgIpc) is 3.35. The molecule has 11 nitrogen and oxygen atoms in total. The zero-order chi connectivity index (χ0) is 28.7. The fourth-order valence-corrected chi connectivity index (χ4v) is 5.76. The number of ether oxygens (including phenoxy) is 1. The van der Waals surface area contributed by atoms with Crippen LogP contribution >= 0.6 is 0 Å². The maximum absolute atomic E-state index is 13.5. The van der Waals surface area contributed by atoms with E-state index in [1.165, 1.54) is 18.2 Å². The second-order valence-corrected chi connectivity index (χ2v) is 10.6. The van der Waals surface area contributed by atoms with E-state index in [0.29, 0.717) is 33.2 Å². The van der Waals surface area contributed by atoms with E-state index in [-0.39, 0.29) is 23.3 Å². The molecule has 2 atom stereocenters. The van der Waals surface area contributed by atoms with Gasteiger partial charge in [-0.2, -0.15) is 13.9 Å². The lowest BCUT2D eigenvalue weighted by Crippen LogP contribution is -2.53. The molecule has 2 aliphatic rings. The number of hydrogen-bond donors (Lipinski definition) is 4. The number of carbonyl (C=O) groups is 1. The number of pyridine rings is 1. The van der Waals surface area contributed by atoms with Crippen LogP contribution in [-0.4, -0.2) is 58.4 Å². The topological polar surface area (TPSA) is 159 Å². The lowest BCUT2D eigenvalue weighted by atomic mass is 9.88. The third-order valence-corrected chi connectivity index (χ3v) is 7.41. The lowest BCUT2D eigenvalue weighted by molar-refractivity contribution is -0.385. The second kappa shape index (κ2) is 8.73. The molecular weight excluding hydrogens is 526 g/mol. The quantitative estimate of drug-likeness (QED) is 0.273. The van der Waals surface area contributed by atoms with Crippen LogP contribution in [0.1, 0.15) is 70.9 Å². The molecule has 6 rings (SSSR count). The van der Waals surface area contributed by atoms with Gasteiger partial charge in [0.1, 0.15) is 11.6 Å². The lowest BCUT2D eigenvalue weighted by Gasteiger charge is -2.34. The second-order valence-electron chi connectivity index (χ2n) is 10.6. The van der Waals surface area contributed by atoms with Crippen molar-refractivity contribution in [3.63, 3.8) is 0 Å². The summed E-state index contributed by atoms with van der Waals surface area (Å²) in [7, 11) is 0. The normalized spacial score (nSPS) is 18.8. The Morgan fingerprint density at radius 2 is 1.90 bits per heavy atom. The van der Waals surface area contributed by atoms with Crippen molar-refractivity contribution >= 4 is 11.4 Å². The Hall–Kier alpha value is -4.04. The Balaban J connectivity index is 1.58. The van der Waals surface area contributed by atoms with E-state index in [0.717, 1.165) is 11.1 Å². The van der Waals surface area contributed by atoms with Crippen molar-refractivity contribution < 1.29 is 33.6 Å². The van der Waals surface area contributed by atoms with Gasteiger partial charge in [-0.3, -0.25) is 9.69 Å². The summed E-state index contributed by atoms with van der Waals surface area (Å²) in [5.41, 5.74) is 9.13. The summed E-state index contributed by atoms with van der Waals surface area (Å²) in [6.07, 6.45) is -0.121. The largest absolute Gasteiger partial charge is 0.434 e. The summed E-state index contributed by atoms with van der Waals surface area (Å²) in [4.78, 5) is 23.0. The Bertz CT molecular complexity index is 1680. The zero-order valence-electron chi connectivity index (χ0n) is 21.7. The van der Waals surface area contributed by atoms with Crippen LogP contribution in [0.15, 0.2) is 42.7 Å². The van der Waals surface area contributed by atoms with Gasteiger partial charge in [-0.05, 0) is 57.0 Å². The van der Waals surface area contributed by atoms with Gasteiger partial charge >= 0.3 is 12.7 Å². The van der Waals surface area contributed by atoms with E-state index in [4.69, 9.17) is 10.5 Å². The first-order chi connectivity index (χ1) is 18.8. The monoisotopic (exact) mass is 552 g/mol. The van der Waals surface area contributed by atoms with E-state index in [1.54, 1.807) is 36.8 Å². The van der Waals surface area contributed by atoms with E-state index in [1.807, 2.05) is 13.0 Å². The SMILES string of the molecule is Cc1nc(C(C)(C)N)ncc1-c1ccn2nc3c(c2c1)C1CC3N(C(O)(O)O)C(=O)c2cccc(OC(F)F)c21. The highest BCUT2D eigenvalue weighted by atomic mass is 19.3. The first kappa shape index (κ1) is 26.2. The number of fused-ring (bicyclic) bond motifs is 9. The van der Waals surface area contributed by atoms with Crippen molar-refractivity contribution in [1.29, 1.82) is 0 Å². The molecule has 1 aliphatic carbocycles. The van der Waals surface area contributed by atoms with Gasteiger partial charge in [0.15, 0.2) is 0 Å². The van der Waals surface area contributed by atoms with Crippen molar-refractivity contribution in [2.45, 2.75) is 57.4 Å². The Labute approximate surface area is 226 Å². The standard InChI is InChI=1S/C27H26F2N6O5/c1-12-16(11-31-24(32-12)26(2,3)30)13-7-8-34-17(9-13)21-15-10-18(22(21)33-34)35(27(37,38)39)23(36)14-5-4-6-19(20(14)15)40-25(28)29/h4-9,11,15,18,25,37-39H,10,30H2,1-3H3. The number of amides is 1. The first-order valence-corrected chi connectivity index (χ1v) is 12.5. The van der Waals surface area contributed by atoms with Gasteiger partial charge in [0.25, 0.3) is 5.91 Å². The molecule has 1 aliphatic heterocycles. The molecule has 0 saturated heterocycles. The molecule has 5 N–H and O–H groups in total. The van der Waals surface area contributed by atoms with Gasteiger partial charge in [0.2, 0.25) is 0 Å². The van der Waals surface area contributed by atoms with E-state index in [2.05, 4.69) is 15.1 Å². The number of halogens is 2. The van der Waals surface area contributed by atoms with Gasteiger partial charge < -0.3 is 25.8 Å². The van der Waals surface area contributed by atoms with Gasteiger partial charge in [-0.15, -0.1) is 0 Å². The van der Waals surface area contributed by atoms with Gasteiger partial charge in [0, 0.05) is 46.3 Å². The van der Waals surface area contributed by atoms with E-state index in [9.17, 15) is 28.9 Å². The van der Waals surface area contributed by atoms with Crippen LogP contribution in [0.5, 0.6) is 5.75 Å². The van der Waals surface area contributed by atoms with Crippen LogP contribution in [0.2, 0.25) is 0 Å². The molecule has 4 aromatic rings. The summed E-state index contributed by atoms with van der Waals surface area (Å²) in [5, 5.41) is 35.2. The van der Waals surface area contributed by atoms with E-state index >= 15 is 0 Å². The Kier molecular flexibility index (Phi) is 5.72. The highest BCUT2D eigenvalue weighted by Crippen LogP contribution is 2.54. The number of nitrogens with two attached hydrogens (primary N) is 1. The summed E-state index contributed by atoms with van der Waals surface area (Å²) in [6, 6.07) is 6.61. The van der Waals surface area contributed by atoms with Gasteiger partial charge in [-0.25, -0.2) is 14.5 Å². The number of aromatic nitrogens is 4. The fraction of sp³-hybridized carbons (Fsp3) is 0.333. The number of aryl methyl sites for hydroxylation is 1. The van der Waals surface area contributed by atoms with Crippen LogP contribution in [0, 0.1) is 6.92 Å². The first-order valence-electron chi connectivity index (χ1n) is 12.5. The van der Waals surface area contributed by atoms with Crippen LogP contribution in [-0.2, 0) is 5.54 Å². The van der Waals surface area contributed by atoms with Crippen LogP contribution in [0.3, 0.4) is 0 Å². The molecule has 0 radical (unpaired) electrons. The van der Waals surface area contributed by atoms with Crippen LogP contribution in [0.25, 0.3) is 16.6 Å². The fourth-order valence-electron chi connectivity index (χ4n) is 5.76. The molecule has 2 unspecified atom stereocenters. The summed E-state index contributed by atoms with van der Waals surface area (Å²) in [6.45, 7) is 2.29. The van der Waals surface area contributed by atoms with Gasteiger partial charge in [0.05, 0.1) is 22.8 Å². The van der Waals surface area contributed by atoms with Crippen molar-refractivity contribution in [2.24, 2.45) is 5.73 Å². The molecular formula is C27H26F2N6O5. The number of carbonyl (C=O) groups excluding carboxylic acids is 1. The molecule has 13 heteroatoms. The summed E-state index contributed by atoms with van der Waals surface area (Å²) in [5.74, 6) is -1.39. The third-order valence-electron chi connectivity index (χ3n) is 7.41. The molecule has 0 fully saturated rings. The molecule has 0 saturated carbocycles. The summed E-state index contributed by atoms with van der Waals surface area (Å²) >= 11 is 0. The minimum Gasteiger partial charge on any atom is -0.434 e. The molecule has 1 aromatic carbocycles. The number of alkyl halides is 2. The van der Waals surface area contributed by atoms with Crippen molar-refractivity contribution in [3.8, 4) is 16.9 Å². The predicted molar refractivity (Wildman–Crippen MR) is 136 cm³/mol. The Morgan fingerprint density at radius 1 is 1.15 bits per heavy atom. The molecule has 0 spiro atoms. The molecule has 4 heterocycles. The number of benzene rings is 1. The van der Waals surface area contributed by atoms with Crippen molar-refractivity contribution in [2.75, 3.05) is 0 Å². The molecule has 208 valence electrons. The number of hydrogen-bond acceptors (Lipinski definition) is 9. The van der Waals surface area contributed by atoms with Crippen molar-refractivity contribution in [3.05, 3.63) is 76.6 Å². The van der Waals surface area contributed by atoms with Crippen LogP contribution < -0.4 is 10.5 Å². The maximum Gasteiger partial charge on any atom is 0.387 e. The maximum atomic E-state index is 13.5. The number of rotatable bonds is 5. The van der Waals surface area contributed by atoms with Gasteiger partial charge in [-0.1, -0.05) is 6.07 Å². The van der Waals surface area contributed by atoms with E-state index < -0.39 is 36.1 Å². The zero-order valence-corrected chi connectivity index (χ0v) is 21.7. The predicted octanol–water partition coefficient (Wildman–Crippen LogP) is 2.52. The average molecular weight is 553 g/mol. The third kappa shape index (κ3) is 4.01. The molecule has 40 heavy (non-hydrogen) atoms. The highest BCUT2D eigenvalue weighted by Gasteiger charge is 2.52. The smallest absolute Gasteiger partial charge is 0.387 e. The van der Waals surface area contributed by atoms with Crippen LogP contribution in [0.4, 0.5) is 8.78 Å². The number of aliphatic hydroxyl groups is 3. The summed E-state index contributed by atoms with van der Waals surface area (Å²) < 4.78 is 33.1. The van der Waals surface area contributed by atoms with Crippen molar-refractivity contribution in [1.82, 2.24) is 24.5 Å². The minimum absolute atomic E-state index is 0.0482. The molecule has 2 bridgehead atoms. The highest BCUT2D eigenvalue weighted by molar-refractivity contribution is 5.98.